The molecule has 9 atom stereocenters. The van der Waals surface area contributed by atoms with Gasteiger partial charge in [-0.1, -0.05) is 65.7 Å². The highest BCUT2D eigenvalue weighted by Gasteiger charge is 2.37. The van der Waals surface area contributed by atoms with Gasteiger partial charge >= 0.3 is 35.8 Å². The number of rotatable bonds is 30. The first kappa shape index (κ1) is 48.2. The second kappa shape index (κ2) is 26.0. The Bertz CT molecular complexity index is 1140. The van der Waals surface area contributed by atoms with Gasteiger partial charge in [-0.05, 0) is 38.0 Å². The van der Waals surface area contributed by atoms with Crippen molar-refractivity contribution in [1.29, 1.82) is 0 Å². The van der Waals surface area contributed by atoms with Crippen LogP contribution in [0.3, 0.4) is 0 Å². The summed E-state index contributed by atoms with van der Waals surface area (Å²) in [6, 6.07) is -0.489. The third-order valence-corrected chi connectivity index (χ3v) is 9.00. The Hall–Kier alpha value is -3.79. The van der Waals surface area contributed by atoms with Crippen molar-refractivity contribution in [3.63, 3.8) is 0 Å². The molecule has 0 heterocycles. The number of ether oxygens (including phenoxy) is 2. The van der Waals surface area contributed by atoms with Gasteiger partial charge in [0.15, 0.2) is 0 Å². The van der Waals surface area contributed by atoms with Crippen LogP contribution in [0.25, 0.3) is 0 Å². The maximum Gasteiger partial charge on any atom is 0.307 e. The van der Waals surface area contributed by atoms with E-state index in [9.17, 15) is 54.0 Å². The lowest BCUT2D eigenvalue weighted by Crippen LogP contribution is -2.42. The standard InChI is InChI=1S/C36H61NO15/c1-6-7-13-22(3)34(52-33(46)19-26(36(49)50)17-31(43)44)29(51-32(45)18-25(35(47)48)16-30(41)42)15-21(2)12-10-8-9-11-14-27(39)20-28(40)23(4)37-24(5)38/h21-23,25-29,34,39-40H,6-20H2,1-5H3,(H,37,38)(H,41,42)(H,43,44)(H,47,48)(H,49,50)/t21-,22+,23+,25+,26+,27+,28+,29+,34+/m1/s1. The van der Waals surface area contributed by atoms with Crippen LogP contribution in [-0.4, -0.2) is 103 Å². The zero-order valence-corrected chi connectivity index (χ0v) is 31.2. The van der Waals surface area contributed by atoms with Crippen LogP contribution >= 0.6 is 0 Å². The lowest BCUT2D eigenvalue weighted by Gasteiger charge is -2.33. The predicted molar refractivity (Wildman–Crippen MR) is 186 cm³/mol. The molecule has 0 saturated carbocycles. The van der Waals surface area contributed by atoms with Crippen LogP contribution in [0.1, 0.15) is 131 Å². The molecule has 52 heavy (non-hydrogen) atoms. The molecule has 0 saturated heterocycles. The normalized spacial score (nSPS) is 16.5. The molecule has 0 aromatic carbocycles. The highest BCUT2D eigenvalue weighted by molar-refractivity contribution is 5.84. The molecule has 300 valence electrons. The van der Waals surface area contributed by atoms with E-state index in [0.29, 0.717) is 32.1 Å². The number of unbranched alkanes of at least 4 members (excludes halogenated alkanes) is 4. The van der Waals surface area contributed by atoms with Gasteiger partial charge < -0.3 is 45.4 Å². The molecule has 0 aromatic heterocycles. The third-order valence-electron chi connectivity index (χ3n) is 9.00. The highest BCUT2D eigenvalue weighted by atomic mass is 16.6. The van der Waals surface area contributed by atoms with Gasteiger partial charge in [-0.15, -0.1) is 0 Å². The van der Waals surface area contributed by atoms with Gasteiger partial charge in [0.2, 0.25) is 5.91 Å². The first-order chi connectivity index (χ1) is 24.3. The molecule has 0 bridgehead atoms. The fourth-order valence-electron chi connectivity index (χ4n) is 5.99. The van der Waals surface area contributed by atoms with Gasteiger partial charge in [-0.2, -0.15) is 0 Å². The molecule has 7 N–H and O–H groups in total. The number of aliphatic hydroxyl groups excluding tert-OH is 2. The second-order valence-corrected chi connectivity index (χ2v) is 14.1. The van der Waals surface area contributed by atoms with E-state index in [1.54, 1.807) is 13.8 Å². The Morgan fingerprint density at radius 2 is 1.13 bits per heavy atom. The summed E-state index contributed by atoms with van der Waals surface area (Å²) in [5.74, 6) is -11.7. The number of nitrogens with one attached hydrogen (secondary N) is 1. The summed E-state index contributed by atoms with van der Waals surface area (Å²) >= 11 is 0. The number of aliphatic hydroxyl groups is 2. The average Bonchev–Trinajstić information content (AvgIpc) is 3.02. The van der Waals surface area contributed by atoms with Crippen LogP contribution in [0.15, 0.2) is 0 Å². The molecule has 0 aromatic rings. The van der Waals surface area contributed by atoms with E-state index in [1.807, 2.05) is 13.8 Å². The molecule has 0 radical (unpaired) electrons. The third kappa shape index (κ3) is 22.2. The molecule has 0 spiro atoms. The number of amides is 1. The quantitative estimate of drug-likeness (QED) is 0.0407. The zero-order valence-electron chi connectivity index (χ0n) is 31.2. The van der Waals surface area contributed by atoms with Crippen molar-refractivity contribution in [1.82, 2.24) is 5.32 Å². The smallest absolute Gasteiger partial charge is 0.307 e. The lowest BCUT2D eigenvalue weighted by atomic mass is 9.87. The van der Waals surface area contributed by atoms with Crippen LogP contribution in [0.5, 0.6) is 0 Å². The molecule has 0 fully saturated rings. The Kier molecular flexibility index (Phi) is 24.2. The van der Waals surface area contributed by atoms with Gasteiger partial charge in [0.25, 0.3) is 0 Å². The monoisotopic (exact) mass is 747 g/mol. The van der Waals surface area contributed by atoms with Crippen LogP contribution in [0.4, 0.5) is 0 Å². The van der Waals surface area contributed by atoms with Crippen molar-refractivity contribution < 1.29 is 73.7 Å². The summed E-state index contributed by atoms with van der Waals surface area (Å²) in [7, 11) is 0. The van der Waals surface area contributed by atoms with E-state index < -0.39 is 110 Å². The van der Waals surface area contributed by atoms with Crippen molar-refractivity contribution in [2.24, 2.45) is 23.7 Å². The molecule has 16 heteroatoms. The number of carbonyl (C=O) groups excluding carboxylic acids is 3. The fraction of sp³-hybridized carbons (Fsp3) is 0.806. The van der Waals surface area contributed by atoms with Crippen molar-refractivity contribution in [3.05, 3.63) is 0 Å². The molecular formula is C36H61NO15. The molecular weight excluding hydrogens is 686 g/mol. The molecule has 16 nitrogen and oxygen atoms in total. The number of hydrogen-bond acceptors (Lipinski definition) is 11. The number of carbonyl (C=O) groups is 7. The number of hydrogen-bond donors (Lipinski definition) is 7. The van der Waals surface area contributed by atoms with Crippen LogP contribution in [0, 0.1) is 23.7 Å². The summed E-state index contributed by atoms with van der Waals surface area (Å²) in [6.07, 6.45) is -0.416. The Morgan fingerprint density at radius 3 is 1.60 bits per heavy atom. The van der Waals surface area contributed by atoms with E-state index in [1.165, 1.54) is 6.92 Å². The van der Waals surface area contributed by atoms with E-state index in [2.05, 4.69) is 5.32 Å². The minimum Gasteiger partial charge on any atom is -0.481 e. The maximum atomic E-state index is 13.1. The topological polar surface area (TPSA) is 271 Å². The predicted octanol–water partition coefficient (Wildman–Crippen LogP) is 3.77. The number of carboxylic acid groups (broad SMARTS) is 4. The Morgan fingerprint density at radius 1 is 0.635 bits per heavy atom. The second-order valence-electron chi connectivity index (χ2n) is 14.1. The van der Waals surface area contributed by atoms with Gasteiger partial charge in [0, 0.05) is 13.3 Å². The number of carboxylic acids is 4. The Balaban J connectivity index is 5.75. The first-order valence-electron chi connectivity index (χ1n) is 18.2. The van der Waals surface area contributed by atoms with Gasteiger partial charge in [0.05, 0.1) is 55.8 Å². The van der Waals surface area contributed by atoms with Crippen molar-refractivity contribution in [2.45, 2.75) is 161 Å². The van der Waals surface area contributed by atoms with Crippen molar-refractivity contribution >= 4 is 41.7 Å². The highest BCUT2D eigenvalue weighted by Crippen LogP contribution is 2.29. The van der Waals surface area contributed by atoms with E-state index >= 15 is 0 Å². The minimum atomic E-state index is -1.56. The van der Waals surface area contributed by atoms with E-state index in [-0.39, 0.29) is 24.7 Å². The summed E-state index contributed by atoms with van der Waals surface area (Å²) in [4.78, 5) is 82.9. The Labute approximate surface area is 305 Å². The molecule has 1 amide bonds. The number of aliphatic carboxylic acids is 4. The van der Waals surface area contributed by atoms with Crippen molar-refractivity contribution in [3.8, 4) is 0 Å². The van der Waals surface area contributed by atoms with Gasteiger partial charge in [-0.3, -0.25) is 33.6 Å². The number of esters is 2. The van der Waals surface area contributed by atoms with E-state index in [4.69, 9.17) is 19.7 Å². The summed E-state index contributed by atoms with van der Waals surface area (Å²) < 4.78 is 11.5. The summed E-state index contributed by atoms with van der Waals surface area (Å²) in [5.41, 5.74) is 0. The van der Waals surface area contributed by atoms with Gasteiger partial charge in [-0.25, -0.2) is 0 Å². The fourth-order valence-corrected chi connectivity index (χ4v) is 5.99. The molecule has 0 aliphatic carbocycles. The first-order valence-corrected chi connectivity index (χ1v) is 18.2. The average molecular weight is 748 g/mol. The maximum absolute atomic E-state index is 13.1. The molecule has 0 rings (SSSR count). The van der Waals surface area contributed by atoms with Gasteiger partial charge in [0.1, 0.15) is 12.2 Å². The van der Waals surface area contributed by atoms with Crippen LogP contribution in [-0.2, 0) is 43.0 Å². The molecule has 0 aliphatic heterocycles. The molecule has 0 unspecified atom stereocenters. The zero-order chi connectivity index (χ0) is 40.0. The summed E-state index contributed by atoms with van der Waals surface area (Å²) in [6.45, 7) is 8.62. The molecule has 0 aliphatic rings. The summed E-state index contributed by atoms with van der Waals surface area (Å²) in [5, 5.41) is 60.2. The van der Waals surface area contributed by atoms with Crippen LogP contribution < -0.4 is 5.32 Å². The largest absolute Gasteiger partial charge is 0.481 e. The van der Waals surface area contributed by atoms with Crippen LogP contribution in [0.2, 0.25) is 0 Å². The minimum absolute atomic E-state index is 0.110. The van der Waals surface area contributed by atoms with E-state index in [0.717, 1.165) is 25.7 Å². The van der Waals surface area contributed by atoms with Crippen molar-refractivity contribution in [2.75, 3.05) is 0 Å². The SMILES string of the molecule is CCCC[C@H](C)[C@H](OC(=O)C[C@H](CC(=O)O)C(=O)O)[C@H](C[C@H](C)CCCCCC[C@H](O)C[C@H](O)[C@H](C)NC(C)=O)OC(=O)C[C@H](CC(=O)O)C(=O)O. The lowest BCUT2D eigenvalue weighted by molar-refractivity contribution is -0.177.